The normalized spacial score (nSPS) is 11.1. The molecule has 0 spiro atoms. The van der Waals surface area contributed by atoms with Crippen LogP contribution in [0.3, 0.4) is 0 Å². The second-order valence-corrected chi connectivity index (χ2v) is 4.51. The third-order valence-corrected chi connectivity index (χ3v) is 2.74. The van der Waals surface area contributed by atoms with E-state index >= 15 is 0 Å². The summed E-state index contributed by atoms with van der Waals surface area (Å²) in [6.45, 7) is 6.51. The van der Waals surface area contributed by atoms with E-state index in [2.05, 4.69) is 18.9 Å². The van der Waals surface area contributed by atoms with Crippen LogP contribution < -0.4 is 5.56 Å². The Balaban J connectivity index is 2.26. The lowest BCUT2D eigenvalue weighted by Crippen LogP contribution is -2.22. The fourth-order valence-corrected chi connectivity index (χ4v) is 1.71. The second kappa shape index (κ2) is 4.57. The van der Waals surface area contributed by atoms with Crippen LogP contribution in [0, 0.1) is 6.92 Å². The number of pyridine rings is 1. The highest BCUT2D eigenvalue weighted by molar-refractivity contribution is 5.09. The molecule has 0 aliphatic heterocycles. The predicted octanol–water partition coefficient (Wildman–Crippen LogP) is 1.98. The molecule has 0 unspecified atom stereocenters. The molecule has 0 fully saturated rings. The van der Waals surface area contributed by atoms with E-state index in [9.17, 15) is 4.79 Å². The average molecular weight is 231 g/mol. The minimum Gasteiger partial charge on any atom is -0.309 e. The molecular weight excluding hydrogens is 214 g/mol. The molecule has 2 aromatic heterocycles. The zero-order valence-corrected chi connectivity index (χ0v) is 10.4. The van der Waals surface area contributed by atoms with E-state index in [1.807, 2.05) is 36.0 Å². The summed E-state index contributed by atoms with van der Waals surface area (Å²) in [6, 6.07) is 6.01. The van der Waals surface area contributed by atoms with Crippen LogP contribution in [0.25, 0.3) is 0 Å². The summed E-state index contributed by atoms with van der Waals surface area (Å²) in [5, 5.41) is 4.43. The fourth-order valence-electron chi connectivity index (χ4n) is 1.71. The average Bonchev–Trinajstić information content (AvgIpc) is 2.73. The Morgan fingerprint density at radius 1 is 1.29 bits per heavy atom. The van der Waals surface area contributed by atoms with Crippen LogP contribution in [0.4, 0.5) is 0 Å². The third kappa shape index (κ3) is 2.46. The number of rotatable bonds is 3. The minimum absolute atomic E-state index is 0.0478. The Hall–Kier alpha value is -1.84. The van der Waals surface area contributed by atoms with Gasteiger partial charge in [0.2, 0.25) is 0 Å². The van der Waals surface area contributed by atoms with Gasteiger partial charge in [0.15, 0.2) is 0 Å². The predicted molar refractivity (Wildman–Crippen MR) is 67.2 cm³/mol. The van der Waals surface area contributed by atoms with E-state index in [-0.39, 0.29) is 5.56 Å². The molecule has 0 radical (unpaired) electrons. The SMILES string of the molecule is Cc1cccn(Cc2ccn(C(C)C)n2)c1=O. The molecule has 90 valence electrons. The zero-order chi connectivity index (χ0) is 12.4. The Morgan fingerprint density at radius 3 is 2.71 bits per heavy atom. The zero-order valence-electron chi connectivity index (χ0n) is 10.4. The van der Waals surface area contributed by atoms with E-state index in [1.54, 1.807) is 10.8 Å². The van der Waals surface area contributed by atoms with Crippen molar-refractivity contribution in [3.8, 4) is 0 Å². The minimum atomic E-state index is 0.0478. The summed E-state index contributed by atoms with van der Waals surface area (Å²) in [5.74, 6) is 0. The molecule has 2 heterocycles. The number of hydrogen-bond donors (Lipinski definition) is 0. The molecule has 0 amide bonds. The smallest absolute Gasteiger partial charge is 0.253 e. The second-order valence-electron chi connectivity index (χ2n) is 4.51. The van der Waals surface area contributed by atoms with Crippen LogP contribution in [0.1, 0.15) is 31.1 Å². The van der Waals surface area contributed by atoms with E-state index < -0.39 is 0 Å². The molecule has 0 saturated carbocycles. The topological polar surface area (TPSA) is 39.8 Å². The highest BCUT2D eigenvalue weighted by Gasteiger charge is 2.04. The van der Waals surface area contributed by atoms with Crippen molar-refractivity contribution in [2.24, 2.45) is 0 Å². The van der Waals surface area contributed by atoms with Gasteiger partial charge in [-0.1, -0.05) is 6.07 Å². The summed E-state index contributed by atoms with van der Waals surface area (Å²) in [4.78, 5) is 11.8. The Bertz CT molecular complexity index is 566. The lowest BCUT2D eigenvalue weighted by atomic mass is 10.3. The summed E-state index contributed by atoms with van der Waals surface area (Å²) >= 11 is 0. The largest absolute Gasteiger partial charge is 0.309 e. The van der Waals surface area contributed by atoms with Crippen molar-refractivity contribution in [1.29, 1.82) is 0 Å². The standard InChI is InChI=1S/C13H17N3O/c1-10(2)16-8-6-12(14-16)9-15-7-4-5-11(3)13(15)17/h4-8,10H,9H2,1-3H3. The van der Waals surface area contributed by atoms with E-state index in [1.165, 1.54) is 0 Å². The van der Waals surface area contributed by atoms with E-state index in [0.29, 0.717) is 12.6 Å². The molecule has 4 nitrogen and oxygen atoms in total. The van der Waals surface area contributed by atoms with Crippen LogP contribution >= 0.6 is 0 Å². The first-order chi connectivity index (χ1) is 8.08. The molecule has 2 aromatic rings. The maximum atomic E-state index is 11.8. The Kier molecular flexibility index (Phi) is 3.13. The van der Waals surface area contributed by atoms with Gasteiger partial charge in [0.05, 0.1) is 12.2 Å². The van der Waals surface area contributed by atoms with Gasteiger partial charge in [-0.2, -0.15) is 5.10 Å². The van der Waals surface area contributed by atoms with Crippen molar-refractivity contribution >= 4 is 0 Å². The lowest BCUT2D eigenvalue weighted by molar-refractivity contribution is 0.523. The van der Waals surface area contributed by atoms with Gasteiger partial charge in [0, 0.05) is 24.0 Å². The number of aromatic nitrogens is 3. The van der Waals surface area contributed by atoms with Gasteiger partial charge in [-0.15, -0.1) is 0 Å². The van der Waals surface area contributed by atoms with Crippen LogP contribution in [0.15, 0.2) is 35.4 Å². The van der Waals surface area contributed by atoms with Crippen molar-refractivity contribution < 1.29 is 0 Å². The molecular formula is C13H17N3O. The van der Waals surface area contributed by atoms with Crippen molar-refractivity contribution in [2.75, 3.05) is 0 Å². The first kappa shape index (κ1) is 11.6. The molecule has 2 rings (SSSR count). The third-order valence-electron chi connectivity index (χ3n) is 2.74. The van der Waals surface area contributed by atoms with Crippen LogP contribution in [-0.4, -0.2) is 14.3 Å². The molecule has 4 heteroatoms. The molecule has 0 N–H and O–H groups in total. The van der Waals surface area contributed by atoms with E-state index in [0.717, 1.165) is 11.3 Å². The van der Waals surface area contributed by atoms with Gasteiger partial charge in [-0.25, -0.2) is 0 Å². The highest BCUT2D eigenvalue weighted by atomic mass is 16.1. The van der Waals surface area contributed by atoms with Crippen LogP contribution in [0.2, 0.25) is 0 Å². The summed E-state index contributed by atoms with van der Waals surface area (Å²) in [5.41, 5.74) is 1.72. The lowest BCUT2D eigenvalue weighted by Gasteiger charge is -2.05. The summed E-state index contributed by atoms with van der Waals surface area (Å²) < 4.78 is 3.58. The Morgan fingerprint density at radius 2 is 2.06 bits per heavy atom. The van der Waals surface area contributed by atoms with Crippen LogP contribution in [-0.2, 0) is 6.54 Å². The highest BCUT2D eigenvalue weighted by Crippen LogP contribution is 2.05. The summed E-state index contributed by atoms with van der Waals surface area (Å²) in [6.07, 6.45) is 3.74. The van der Waals surface area contributed by atoms with Gasteiger partial charge >= 0.3 is 0 Å². The van der Waals surface area contributed by atoms with Crippen molar-refractivity contribution in [1.82, 2.24) is 14.3 Å². The molecule has 0 atom stereocenters. The monoisotopic (exact) mass is 231 g/mol. The van der Waals surface area contributed by atoms with Gasteiger partial charge in [0.1, 0.15) is 0 Å². The van der Waals surface area contributed by atoms with Crippen LogP contribution in [0.5, 0.6) is 0 Å². The quantitative estimate of drug-likeness (QED) is 0.810. The first-order valence-electron chi connectivity index (χ1n) is 5.78. The molecule has 17 heavy (non-hydrogen) atoms. The summed E-state index contributed by atoms with van der Waals surface area (Å²) in [7, 11) is 0. The molecule has 0 saturated heterocycles. The van der Waals surface area contributed by atoms with Gasteiger partial charge in [0.25, 0.3) is 5.56 Å². The van der Waals surface area contributed by atoms with E-state index in [4.69, 9.17) is 0 Å². The molecule has 0 bridgehead atoms. The van der Waals surface area contributed by atoms with Gasteiger partial charge < -0.3 is 4.57 Å². The van der Waals surface area contributed by atoms with Gasteiger partial charge in [-0.05, 0) is 32.9 Å². The van der Waals surface area contributed by atoms with Gasteiger partial charge in [-0.3, -0.25) is 9.48 Å². The number of aryl methyl sites for hydroxylation is 1. The Labute approximate surface area is 101 Å². The van der Waals surface area contributed by atoms with Crippen molar-refractivity contribution in [2.45, 2.75) is 33.4 Å². The maximum Gasteiger partial charge on any atom is 0.253 e. The number of hydrogen-bond acceptors (Lipinski definition) is 2. The molecule has 0 aliphatic rings. The molecule has 0 aromatic carbocycles. The molecule has 0 aliphatic carbocycles. The first-order valence-corrected chi connectivity index (χ1v) is 5.78. The van der Waals surface area contributed by atoms with Crippen molar-refractivity contribution in [3.05, 3.63) is 52.2 Å². The fraction of sp³-hybridized carbons (Fsp3) is 0.385. The van der Waals surface area contributed by atoms with Crippen molar-refractivity contribution in [3.63, 3.8) is 0 Å². The maximum absolute atomic E-state index is 11.8. The number of nitrogens with zero attached hydrogens (tertiary/aromatic N) is 3.